The van der Waals surface area contributed by atoms with Crippen LogP contribution in [0.25, 0.3) is 0 Å². The Hall–Kier alpha value is -0.220. The second-order valence-electron chi connectivity index (χ2n) is 4.47. The lowest BCUT2D eigenvalue weighted by Gasteiger charge is -2.22. The van der Waals surface area contributed by atoms with Gasteiger partial charge < -0.3 is 10.6 Å². The average Bonchev–Trinajstić information content (AvgIpc) is 2.30. The number of hydrogen-bond acceptors (Lipinski definition) is 3. The average molecular weight is 244 g/mol. The van der Waals surface area contributed by atoms with Gasteiger partial charge in [0.1, 0.15) is 0 Å². The summed E-state index contributed by atoms with van der Waals surface area (Å²) in [6.45, 7) is 4.95. The van der Waals surface area contributed by atoms with Crippen molar-refractivity contribution in [1.82, 2.24) is 10.6 Å². The molecule has 0 aromatic heterocycles. The first kappa shape index (κ1) is 13.8. The maximum absolute atomic E-state index is 11.5. The van der Waals surface area contributed by atoms with E-state index in [1.807, 2.05) is 18.7 Å². The maximum atomic E-state index is 11.5. The number of carbonyl (C=O) groups excluding carboxylic acids is 1. The lowest BCUT2D eigenvalue weighted by molar-refractivity contribution is -0.121. The van der Waals surface area contributed by atoms with Crippen LogP contribution in [-0.4, -0.2) is 36.0 Å². The first-order chi connectivity index (χ1) is 7.72. The molecule has 0 saturated carbocycles. The zero-order valence-corrected chi connectivity index (χ0v) is 11.2. The third kappa shape index (κ3) is 5.75. The van der Waals surface area contributed by atoms with Crippen molar-refractivity contribution in [3.8, 4) is 0 Å². The third-order valence-electron chi connectivity index (χ3n) is 3.03. The molecule has 3 nitrogen and oxygen atoms in total. The minimum atomic E-state index is 0.173. The molecule has 1 rings (SSSR count). The molecular weight excluding hydrogens is 220 g/mol. The smallest absolute Gasteiger partial charge is 0.221 e. The molecule has 0 radical (unpaired) electrons. The molecule has 0 aromatic rings. The van der Waals surface area contributed by atoms with Crippen LogP contribution in [0.4, 0.5) is 0 Å². The first-order valence-corrected chi connectivity index (χ1v) is 7.48. The van der Waals surface area contributed by atoms with Crippen LogP contribution < -0.4 is 10.6 Å². The topological polar surface area (TPSA) is 41.1 Å². The van der Waals surface area contributed by atoms with E-state index < -0.39 is 0 Å². The number of nitrogens with one attached hydrogen (secondary N) is 2. The normalized spacial score (nSPS) is 19.4. The second-order valence-corrected chi connectivity index (χ2v) is 5.69. The molecule has 1 unspecified atom stereocenters. The van der Waals surface area contributed by atoms with Gasteiger partial charge in [-0.05, 0) is 37.7 Å². The van der Waals surface area contributed by atoms with Crippen LogP contribution in [-0.2, 0) is 4.79 Å². The molecule has 0 aliphatic carbocycles. The predicted octanol–water partition coefficient (Wildman–Crippen LogP) is 1.78. The Labute approximate surface area is 103 Å². The molecule has 0 spiro atoms. The largest absolute Gasteiger partial charge is 0.354 e. The van der Waals surface area contributed by atoms with Gasteiger partial charge >= 0.3 is 0 Å². The number of rotatable bonds is 6. The Balaban J connectivity index is 2.03. The standard InChI is InChI=1S/C12H24N2OS/c1-3-10(2)14-12(15)4-7-13-11-5-8-16-9-6-11/h10-11,13H,3-9H2,1-2H3,(H,14,15). The molecule has 94 valence electrons. The Kier molecular flexibility index (Phi) is 6.88. The Morgan fingerprint density at radius 2 is 2.12 bits per heavy atom. The molecule has 4 heteroatoms. The molecule has 1 amide bonds. The number of carbonyl (C=O) groups is 1. The first-order valence-electron chi connectivity index (χ1n) is 6.33. The summed E-state index contributed by atoms with van der Waals surface area (Å²) < 4.78 is 0. The van der Waals surface area contributed by atoms with E-state index in [4.69, 9.17) is 0 Å². The number of hydrogen-bond donors (Lipinski definition) is 2. The van der Waals surface area contributed by atoms with Gasteiger partial charge in [0.2, 0.25) is 5.91 Å². The lowest BCUT2D eigenvalue weighted by atomic mass is 10.1. The van der Waals surface area contributed by atoms with Crippen molar-refractivity contribution in [1.29, 1.82) is 0 Å². The van der Waals surface area contributed by atoms with Crippen LogP contribution in [0, 0.1) is 0 Å². The van der Waals surface area contributed by atoms with Gasteiger partial charge in [-0.3, -0.25) is 4.79 Å². The fourth-order valence-corrected chi connectivity index (χ4v) is 2.85. The van der Waals surface area contributed by atoms with Crippen molar-refractivity contribution in [2.45, 2.75) is 51.6 Å². The highest BCUT2D eigenvalue weighted by atomic mass is 32.2. The molecule has 1 heterocycles. The number of amides is 1. The summed E-state index contributed by atoms with van der Waals surface area (Å²) in [5.41, 5.74) is 0. The summed E-state index contributed by atoms with van der Waals surface area (Å²) in [6.07, 6.45) is 4.10. The van der Waals surface area contributed by atoms with Crippen molar-refractivity contribution in [2.75, 3.05) is 18.1 Å². The minimum absolute atomic E-state index is 0.173. The van der Waals surface area contributed by atoms with Gasteiger partial charge in [0, 0.05) is 25.0 Å². The van der Waals surface area contributed by atoms with E-state index in [1.54, 1.807) is 0 Å². The monoisotopic (exact) mass is 244 g/mol. The van der Waals surface area contributed by atoms with Gasteiger partial charge in [0.25, 0.3) is 0 Å². The van der Waals surface area contributed by atoms with E-state index in [2.05, 4.69) is 17.6 Å². The van der Waals surface area contributed by atoms with E-state index in [0.29, 0.717) is 18.5 Å². The zero-order chi connectivity index (χ0) is 11.8. The minimum Gasteiger partial charge on any atom is -0.354 e. The van der Waals surface area contributed by atoms with Gasteiger partial charge in [-0.15, -0.1) is 0 Å². The third-order valence-corrected chi connectivity index (χ3v) is 4.07. The Morgan fingerprint density at radius 3 is 2.75 bits per heavy atom. The molecule has 16 heavy (non-hydrogen) atoms. The van der Waals surface area contributed by atoms with E-state index in [0.717, 1.165) is 13.0 Å². The van der Waals surface area contributed by atoms with Crippen LogP contribution >= 0.6 is 11.8 Å². The van der Waals surface area contributed by atoms with Crippen LogP contribution in [0.15, 0.2) is 0 Å². The SMILES string of the molecule is CCC(C)NC(=O)CCNC1CCSCC1. The van der Waals surface area contributed by atoms with Gasteiger partial charge in [-0.2, -0.15) is 11.8 Å². The summed E-state index contributed by atoms with van der Waals surface area (Å²) in [4.78, 5) is 11.5. The highest BCUT2D eigenvalue weighted by Crippen LogP contribution is 2.16. The van der Waals surface area contributed by atoms with Crippen LogP contribution in [0.1, 0.15) is 39.5 Å². The Morgan fingerprint density at radius 1 is 1.44 bits per heavy atom. The van der Waals surface area contributed by atoms with E-state index in [-0.39, 0.29) is 5.91 Å². The molecule has 1 atom stereocenters. The maximum Gasteiger partial charge on any atom is 0.221 e. The number of thioether (sulfide) groups is 1. The van der Waals surface area contributed by atoms with E-state index in [1.165, 1.54) is 24.3 Å². The molecule has 0 bridgehead atoms. The van der Waals surface area contributed by atoms with Crippen molar-refractivity contribution in [3.05, 3.63) is 0 Å². The summed E-state index contributed by atoms with van der Waals surface area (Å²) >= 11 is 2.03. The fourth-order valence-electron chi connectivity index (χ4n) is 1.74. The molecule has 0 aromatic carbocycles. The van der Waals surface area contributed by atoms with Crippen molar-refractivity contribution < 1.29 is 4.79 Å². The van der Waals surface area contributed by atoms with Gasteiger partial charge in [-0.1, -0.05) is 6.92 Å². The summed E-state index contributed by atoms with van der Waals surface area (Å²) in [7, 11) is 0. The molecule has 1 saturated heterocycles. The van der Waals surface area contributed by atoms with Crippen molar-refractivity contribution >= 4 is 17.7 Å². The molecular formula is C12H24N2OS. The van der Waals surface area contributed by atoms with Gasteiger partial charge in [-0.25, -0.2) is 0 Å². The van der Waals surface area contributed by atoms with E-state index in [9.17, 15) is 4.79 Å². The van der Waals surface area contributed by atoms with Crippen LogP contribution in [0.5, 0.6) is 0 Å². The van der Waals surface area contributed by atoms with Crippen LogP contribution in [0.2, 0.25) is 0 Å². The fraction of sp³-hybridized carbons (Fsp3) is 0.917. The molecule has 1 aliphatic heterocycles. The Bertz CT molecular complexity index is 205. The van der Waals surface area contributed by atoms with Crippen LogP contribution in [0.3, 0.4) is 0 Å². The quantitative estimate of drug-likeness (QED) is 0.748. The van der Waals surface area contributed by atoms with Gasteiger partial charge in [0.15, 0.2) is 0 Å². The lowest BCUT2D eigenvalue weighted by Crippen LogP contribution is -2.37. The van der Waals surface area contributed by atoms with Crippen molar-refractivity contribution in [2.24, 2.45) is 0 Å². The van der Waals surface area contributed by atoms with Gasteiger partial charge in [0.05, 0.1) is 0 Å². The second kappa shape index (κ2) is 7.96. The predicted molar refractivity (Wildman–Crippen MR) is 70.9 cm³/mol. The molecule has 2 N–H and O–H groups in total. The molecule has 1 fully saturated rings. The van der Waals surface area contributed by atoms with Crippen molar-refractivity contribution in [3.63, 3.8) is 0 Å². The summed E-state index contributed by atoms with van der Waals surface area (Å²) in [5, 5.41) is 6.45. The highest BCUT2D eigenvalue weighted by molar-refractivity contribution is 7.99. The summed E-state index contributed by atoms with van der Waals surface area (Å²) in [6, 6.07) is 0.941. The zero-order valence-electron chi connectivity index (χ0n) is 10.4. The molecule has 1 aliphatic rings. The van der Waals surface area contributed by atoms with E-state index >= 15 is 0 Å². The summed E-state index contributed by atoms with van der Waals surface area (Å²) in [5.74, 6) is 2.69. The highest BCUT2D eigenvalue weighted by Gasteiger charge is 2.13.